The molecule has 0 aromatic carbocycles. The zero-order chi connectivity index (χ0) is 10.8. The second-order valence-corrected chi connectivity index (χ2v) is 5.63. The summed E-state index contributed by atoms with van der Waals surface area (Å²) in [5, 5.41) is 0. The molecular formula is C11H18BrNO. The van der Waals surface area contributed by atoms with Gasteiger partial charge in [0.2, 0.25) is 0 Å². The lowest BCUT2D eigenvalue weighted by Gasteiger charge is -2.19. The second kappa shape index (κ2) is 4.49. The van der Waals surface area contributed by atoms with Crippen LogP contribution in [0.2, 0.25) is 0 Å². The van der Waals surface area contributed by atoms with Gasteiger partial charge in [-0.05, 0) is 46.3 Å². The average Bonchev–Trinajstić information content (AvgIpc) is 2.46. The maximum atomic E-state index is 6.00. The molecule has 0 amide bonds. The number of nitrogens with two attached hydrogens (primary N) is 1. The van der Waals surface area contributed by atoms with Crippen LogP contribution < -0.4 is 5.73 Å². The largest absolute Gasteiger partial charge is 0.453 e. The molecular weight excluding hydrogens is 242 g/mol. The fourth-order valence-electron chi connectivity index (χ4n) is 1.26. The number of furan rings is 1. The molecule has 1 atom stereocenters. The van der Waals surface area contributed by atoms with Crippen molar-refractivity contribution in [2.45, 2.75) is 39.7 Å². The normalized spacial score (nSPS) is 14.4. The Hall–Kier alpha value is -0.280. The third kappa shape index (κ3) is 3.84. The maximum absolute atomic E-state index is 6.00. The first kappa shape index (κ1) is 11.8. The Balaban J connectivity index is 2.47. The monoisotopic (exact) mass is 259 g/mol. The van der Waals surface area contributed by atoms with Crippen LogP contribution in [0.3, 0.4) is 0 Å². The molecule has 3 heteroatoms. The highest BCUT2D eigenvalue weighted by molar-refractivity contribution is 9.10. The van der Waals surface area contributed by atoms with E-state index in [1.165, 1.54) is 0 Å². The van der Waals surface area contributed by atoms with Crippen LogP contribution in [0.25, 0.3) is 0 Å². The molecule has 0 bridgehead atoms. The lowest BCUT2D eigenvalue weighted by atomic mass is 9.88. The highest BCUT2D eigenvalue weighted by Gasteiger charge is 2.15. The molecule has 1 aromatic rings. The van der Waals surface area contributed by atoms with Gasteiger partial charge in [0.25, 0.3) is 0 Å². The Bertz CT molecular complexity index is 288. The van der Waals surface area contributed by atoms with Crippen LogP contribution in [-0.4, -0.2) is 0 Å². The Morgan fingerprint density at radius 1 is 1.43 bits per heavy atom. The molecule has 0 saturated carbocycles. The Kier molecular flexibility index (Phi) is 3.78. The fourth-order valence-corrected chi connectivity index (χ4v) is 1.58. The average molecular weight is 260 g/mol. The minimum Gasteiger partial charge on any atom is -0.453 e. The SMILES string of the molecule is CC(C)(C)CCC(N)c1ccc(Br)o1. The molecule has 1 rings (SSSR count). The molecule has 0 spiro atoms. The van der Waals surface area contributed by atoms with Gasteiger partial charge in [-0.2, -0.15) is 0 Å². The zero-order valence-corrected chi connectivity index (χ0v) is 10.6. The van der Waals surface area contributed by atoms with Gasteiger partial charge < -0.3 is 10.2 Å². The zero-order valence-electron chi connectivity index (χ0n) is 9.01. The lowest BCUT2D eigenvalue weighted by molar-refractivity contribution is 0.333. The fraction of sp³-hybridized carbons (Fsp3) is 0.636. The topological polar surface area (TPSA) is 39.2 Å². The maximum Gasteiger partial charge on any atom is 0.169 e. The van der Waals surface area contributed by atoms with Gasteiger partial charge in [-0.3, -0.25) is 0 Å². The first-order chi connectivity index (χ1) is 6.38. The van der Waals surface area contributed by atoms with Gasteiger partial charge in [0.1, 0.15) is 5.76 Å². The summed E-state index contributed by atoms with van der Waals surface area (Å²) >= 11 is 3.27. The summed E-state index contributed by atoms with van der Waals surface area (Å²) in [5.74, 6) is 0.862. The van der Waals surface area contributed by atoms with E-state index in [0.717, 1.165) is 23.3 Å². The molecule has 1 heterocycles. The standard InChI is InChI=1S/C11H18BrNO/c1-11(2,3)7-6-8(13)9-4-5-10(12)14-9/h4-5,8H,6-7,13H2,1-3H3. The van der Waals surface area contributed by atoms with E-state index < -0.39 is 0 Å². The quantitative estimate of drug-likeness (QED) is 0.896. The van der Waals surface area contributed by atoms with E-state index in [1.807, 2.05) is 12.1 Å². The van der Waals surface area contributed by atoms with Crippen molar-refractivity contribution in [1.29, 1.82) is 0 Å². The van der Waals surface area contributed by atoms with Crippen molar-refractivity contribution in [1.82, 2.24) is 0 Å². The molecule has 80 valence electrons. The lowest BCUT2D eigenvalue weighted by Crippen LogP contribution is -2.14. The van der Waals surface area contributed by atoms with Crippen molar-refractivity contribution in [2.75, 3.05) is 0 Å². The van der Waals surface area contributed by atoms with Crippen LogP contribution in [0.15, 0.2) is 21.2 Å². The summed E-state index contributed by atoms with van der Waals surface area (Å²) < 4.78 is 6.15. The predicted molar refractivity (Wildman–Crippen MR) is 62.0 cm³/mol. The predicted octanol–water partition coefficient (Wildman–Crippen LogP) is 3.87. The van der Waals surface area contributed by atoms with Gasteiger partial charge in [-0.25, -0.2) is 0 Å². The summed E-state index contributed by atoms with van der Waals surface area (Å²) in [6, 6.07) is 3.82. The van der Waals surface area contributed by atoms with Crippen molar-refractivity contribution < 1.29 is 4.42 Å². The Morgan fingerprint density at radius 2 is 2.07 bits per heavy atom. The third-order valence-electron chi connectivity index (χ3n) is 2.16. The van der Waals surface area contributed by atoms with Crippen molar-refractivity contribution in [3.63, 3.8) is 0 Å². The van der Waals surface area contributed by atoms with Crippen molar-refractivity contribution in [2.24, 2.45) is 11.1 Å². The first-order valence-corrected chi connectivity index (χ1v) is 5.68. The molecule has 14 heavy (non-hydrogen) atoms. The third-order valence-corrected chi connectivity index (χ3v) is 2.59. The van der Waals surface area contributed by atoms with Gasteiger partial charge in [0.15, 0.2) is 4.67 Å². The van der Waals surface area contributed by atoms with Gasteiger partial charge in [0, 0.05) is 0 Å². The number of halogens is 1. The summed E-state index contributed by atoms with van der Waals surface area (Å²) in [4.78, 5) is 0. The van der Waals surface area contributed by atoms with Gasteiger partial charge >= 0.3 is 0 Å². The van der Waals surface area contributed by atoms with Crippen LogP contribution in [-0.2, 0) is 0 Å². The van der Waals surface area contributed by atoms with E-state index in [2.05, 4.69) is 36.7 Å². The van der Waals surface area contributed by atoms with Crippen molar-refractivity contribution >= 4 is 15.9 Å². The van der Waals surface area contributed by atoms with E-state index in [0.29, 0.717) is 5.41 Å². The summed E-state index contributed by atoms with van der Waals surface area (Å²) in [7, 11) is 0. The molecule has 0 aliphatic heterocycles. The molecule has 2 nitrogen and oxygen atoms in total. The second-order valence-electron chi connectivity index (χ2n) is 4.85. The van der Waals surface area contributed by atoms with Crippen molar-refractivity contribution in [3.8, 4) is 0 Å². The highest BCUT2D eigenvalue weighted by atomic mass is 79.9. The Labute approximate surface area is 94.0 Å². The number of rotatable bonds is 3. The van der Waals surface area contributed by atoms with E-state index in [1.54, 1.807) is 0 Å². The molecule has 0 fully saturated rings. The van der Waals surface area contributed by atoms with E-state index in [4.69, 9.17) is 10.2 Å². The van der Waals surface area contributed by atoms with Crippen LogP contribution in [0, 0.1) is 5.41 Å². The highest BCUT2D eigenvalue weighted by Crippen LogP contribution is 2.27. The minimum absolute atomic E-state index is 0.0144. The number of hydrogen-bond acceptors (Lipinski definition) is 2. The molecule has 1 aromatic heterocycles. The van der Waals surface area contributed by atoms with Crippen LogP contribution >= 0.6 is 15.9 Å². The van der Waals surface area contributed by atoms with Gasteiger partial charge in [0.05, 0.1) is 6.04 Å². The Morgan fingerprint density at radius 3 is 2.50 bits per heavy atom. The molecule has 2 N–H and O–H groups in total. The first-order valence-electron chi connectivity index (χ1n) is 4.89. The molecule has 0 radical (unpaired) electrons. The van der Waals surface area contributed by atoms with E-state index in [9.17, 15) is 0 Å². The van der Waals surface area contributed by atoms with E-state index >= 15 is 0 Å². The summed E-state index contributed by atoms with van der Waals surface area (Å²) in [5.41, 5.74) is 6.34. The minimum atomic E-state index is 0.0144. The number of hydrogen-bond donors (Lipinski definition) is 1. The van der Waals surface area contributed by atoms with Crippen LogP contribution in [0.4, 0.5) is 0 Å². The molecule has 0 aliphatic rings. The molecule has 0 saturated heterocycles. The molecule has 0 aliphatic carbocycles. The van der Waals surface area contributed by atoms with Crippen LogP contribution in [0.1, 0.15) is 45.4 Å². The van der Waals surface area contributed by atoms with E-state index in [-0.39, 0.29) is 6.04 Å². The summed E-state index contributed by atoms with van der Waals surface area (Å²) in [6.45, 7) is 6.66. The smallest absolute Gasteiger partial charge is 0.169 e. The van der Waals surface area contributed by atoms with Crippen molar-refractivity contribution in [3.05, 3.63) is 22.6 Å². The van der Waals surface area contributed by atoms with Gasteiger partial charge in [-0.1, -0.05) is 20.8 Å². The van der Waals surface area contributed by atoms with Gasteiger partial charge in [-0.15, -0.1) is 0 Å². The summed E-state index contributed by atoms with van der Waals surface area (Å²) in [6.07, 6.45) is 2.07. The van der Waals surface area contributed by atoms with Crippen LogP contribution in [0.5, 0.6) is 0 Å². The molecule has 1 unspecified atom stereocenters.